The van der Waals surface area contributed by atoms with Crippen molar-refractivity contribution in [2.45, 2.75) is 25.9 Å². The molecule has 1 aliphatic heterocycles. The van der Waals surface area contributed by atoms with E-state index in [1.807, 2.05) is 13.0 Å². The van der Waals surface area contributed by atoms with Gasteiger partial charge in [-0.3, -0.25) is 0 Å². The van der Waals surface area contributed by atoms with Crippen LogP contribution in [0, 0.1) is 11.6 Å². The zero-order chi connectivity index (χ0) is 14.8. The van der Waals surface area contributed by atoms with Gasteiger partial charge in [-0.05, 0) is 42.7 Å². The average Bonchev–Trinajstić information content (AvgIpc) is 2.96. The Kier molecular flexibility index (Phi) is 3.88. The fourth-order valence-electron chi connectivity index (χ4n) is 2.78. The first-order valence-electron chi connectivity index (χ1n) is 7.18. The van der Waals surface area contributed by atoms with Gasteiger partial charge >= 0.3 is 0 Å². The molecular weight excluding hydrogens is 270 g/mol. The fraction of sp³-hybridized carbons (Fsp3) is 0.294. The van der Waals surface area contributed by atoms with Crippen molar-refractivity contribution >= 4 is 5.69 Å². The number of rotatable bonds is 4. The molecule has 0 fully saturated rings. The zero-order valence-corrected chi connectivity index (χ0v) is 11.9. The van der Waals surface area contributed by atoms with Crippen molar-refractivity contribution in [3.8, 4) is 0 Å². The number of benzene rings is 2. The molecule has 1 unspecified atom stereocenters. The summed E-state index contributed by atoms with van der Waals surface area (Å²) >= 11 is 0. The van der Waals surface area contributed by atoms with Crippen LogP contribution in [0.1, 0.15) is 29.7 Å². The van der Waals surface area contributed by atoms with Crippen molar-refractivity contribution in [1.29, 1.82) is 0 Å². The zero-order valence-electron chi connectivity index (χ0n) is 11.9. The summed E-state index contributed by atoms with van der Waals surface area (Å²) < 4.78 is 27.0. The molecule has 2 N–H and O–H groups in total. The average molecular weight is 288 g/mol. The number of hydrogen-bond acceptors (Lipinski definition) is 2. The summed E-state index contributed by atoms with van der Waals surface area (Å²) in [5, 5.41) is 6.64. The first kappa shape index (κ1) is 14.0. The van der Waals surface area contributed by atoms with Crippen LogP contribution in [0.15, 0.2) is 36.4 Å². The Morgan fingerprint density at radius 1 is 1.24 bits per heavy atom. The van der Waals surface area contributed by atoms with Crippen LogP contribution in [-0.2, 0) is 13.0 Å². The second kappa shape index (κ2) is 5.82. The Labute approximate surface area is 123 Å². The van der Waals surface area contributed by atoms with E-state index >= 15 is 0 Å². The van der Waals surface area contributed by atoms with Gasteiger partial charge in [0.15, 0.2) is 0 Å². The number of anilines is 1. The highest BCUT2D eigenvalue weighted by molar-refractivity contribution is 5.61. The molecule has 0 spiro atoms. The van der Waals surface area contributed by atoms with E-state index in [2.05, 4.69) is 22.8 Å². The third kappa shape index (κ3) is 2.90. The Balaban J connectivity index is 1.73. The minimum atomic E-state index is -0.415. The van der Waals surface area contributed by atoms with Crippen LogP contribution in [-0.4, -0.2) is 6.54 Å². The molecule has 21 heavy (non-hydrogen) atoms. The lowest BCUT2D eigenvalue weighted by Gasteiger charge is -2.17. The Morgan fingerprint density at radius 3 is 2.95 bits per heavy atom. The molecule has 0 radical (unpaired) electrons. The first-order chi connectivity index (χ1) is 10.1. The molecule has 0 aliphatic carbocycles. The SMILES string of the molecule is CC(NCc1cccc2c1NCC2)c1cc(F)ccc1F. The number of halogens is 2. The summed E-state index contributed by atoms with van der Waals surface area (Å²) in [4.78, 5) is 0. The Bertz CT molecular complexity index is 655. The third-order valence-electron chi connectivity index (χ3n) is 3.96. The fourth-order valence-corrected chi connectivity index (χ4v) is 2.78. The van der Waals surface area contributed by atoms with E-state index in [4.69, 9.17) is 0 Å². The standard InChI is InChI=1S/C17H18F2N2/c1-11(15-9-14(18)5-6-16(15)19)21-10-13-4-2-3-12-7-8-20-17(12)13/h2-6,9,11,20-21H,7-8,10H2,1H3. The van der Waals surface area contributed by atoms with Crippen LogP contribution in [0.25, 0.3) is 0 Å². The second-order valence-corrected chi connectivity index (χ2v) is 5.40. The number of hydrogen-bond donors (Lipinski definition) is 2. The normalized spacial score (nSPS) is 14.6. The molecule has 3 rings (SSSR count). The van der Waals surface area contributed by atoms with Crippen LogP contribution in [0.5, 0.6) is 0 Å². The molecule has 0 saturated carbocycles. The second-order valence-electron chi connectivity index (χ2n) is 5.40. The van der Waals surface area contributed by atoms with Gasteiger partial charge in [0, 0.05) is 30.4 Å². The summed E-state index contributed by atoms with van der Waals surface area (Å²) in [6.45, 7) is 3.42. The van der Waals surface area contributed by atoms with E-state index in [1.54, 1.807) is 0 Å². The van der Waals surface area contributed by atoms with Gasteiger partial charge < -0.3 is 10.6 Å². The molecule has 2 aromatic rings. The summed E-state index contributed by atoms with van der Waals surface area (Å²) in [6, 6.07) is 9.52. The van der Waals surface area contributed by atoms with Crippen LogP contribution < -0.4 is 10.6 Å². The predicted octanol–water partition coefficient (Wildman–Crippen LogP) is 3.78. The molecule has 2 nitrogen and oxygen atoms in total. The maximum Gasteiger partial charge on any atom is 0.128 e. The lowest BCUT2D eigenvalue weighted by molar-refractivity contribution is 0.519. The maximum absolute atomic E-state index is 13.7. The molecule has 4 heteroatoms. The van der Waals surface area contributed by atoms with Crippen molar-refractivity contribution in [1.82, 2.24) is 5.32 Å². The minimum Gasteiger partial charge on any atom is -0.384 e. The van der Waals surface area contributed by atoms with E-state index in [0.717, 1.165) is 24.6 Å². The molecule has 2 aromatic carbocycles. The largest absolute Gasteiger partial charge is 0.384 e. The van der Waals surface area contributed by atoms with Crippen LogP contribution in [0.4, 0.5) is 14.5 Å². The van der Waals surface area contributed by atoms with Gasteiger partial charge in [0.1, 0.15) is 11.6 Å². The van der Waals surface area contributed by atoms with Crippen molar-refractivity contribution in [2.75, 3.05) is 11.9 Å². The molecule has 0 amide bonds. The molecular formula is C17H18F2N2. The van der Waals surface area contributed by atoms with Gasteiger partial charge in [-0.1, -0.05) is 18.2 Å². The predicted molar refractivity (Wildman–Crippen MR) is 80.2 cm³/mol. The lowest BCUT2D eigenvalue weighted by Crippen LogP contribution is -2.20. The maximum atomic E-state index is 13.7. The monoisotopic (exact) mass is 288 g/mol. The van der Waals surface area contributed by atoms with E-state index < -0.39 is 5.82 Å². The molecule has 110 valence electrons. The van der Waals surface area contributed by atoms with Crippen molar-refractivity contribution in [2.24, 2.45) is 0 Å². The van der Waals surface area contributed by atoms with Gasteiger partial charge in [-0.15, -0.1) is 0 Å². The van der Waals surface area contributed by atoms with E-state index in [-0.39, 0.29) is 11.9 Å². The molecule has 1 heterocycles. The van der Waals surface area contributed by atoms with Gasteiger partial charge in [-0.2, -0.15) is 0 Å². The highest BCUT2D eigenvalue weighted by Crippen LogP contribution is 2.27. The van der Waals surface area contributed by atoms with Gasteiger partial charge in [-0.25, -0.2) is 8.78 Å². The van der Waals surface area contributed by atoms with Crippen molar-refractivity contribution in [3.63, 3.8) is 0 Å². The number of fused-ring (bicyclic) bond motifs is 1. The molecule has 1 atom stereocenters. The Hall–Kier alpha value is -1.94. The van der Waals surface area contributed by atoms with Crippen LogP contribution in [0.2, 0.25) is 0 Å². The molecule has 0 bridgehead atoms. The quantitative estimate of drug-likeness (QED) is 0.894. The third-order valence-corrected chi connectivity index (χ3v) is 3.96. The number of nitrogens with one attached hydrogen (secondary N) is 2. The van der Waals surface area contributed by atoms with Crippen molar-refractivity contribution in [3.05, 3.63) is 64.7 Å². The molecule has 1 aliphatic rings. The van der Waals surface area contributed by atoms with E-state index in [1.165, 1.54) is 23.4 Å². The summed E-state index contributed by atoms with van der Waals surface area (Å²) in [7, 11) is 0. The van der Waals surface area contributed by atoms with Gasteiger partial charge in [0.05, 0.1) is 0 Å². The number of para-hydroxylation sites is 1. The van der Waals surface area contributed by atoms with Crippen LogP contribution >= 0.6 is 0 Å². The minimum absolute atomic E-state index is 0.252. The highest BCUT2D eigenvalue weighted by atomic mass is 19.1. The Morgan fingerprint density at radius 2 is 2.10 bits per heavy atom. The smallest absolute Gasteiger partial charge is 0.128 e. The molecule has 0 saturated heterocycles. The molecule has 0 aromatic heterocycles. The van der Waals surface area contributed by atoms with Crippen LogP contribution in [0.3, 0.4) is 0 Å². The van der Waals surface area contributed by atoms with Crippen molar-refractivity contribution < 1.29 is 8.78 Å². The van der Waals surface area contributed by atoms with Gasteiger partial charge in [0.25, 0.3) is 0 Å². The summed E-state index contributed by atoms with van der Waals surface area (Å²) in [5.74, 6) is -0.796. The highest BCUT2D eigenvalue weighted by Gasteiger charge is 2.15. The summed E-state index contributed by atoms with van der Waals surface area (Å²) in [6.07, 6.45) is 1.04. The van der Waals surface area contributed by atoms with E-state index in [9.17, 15) is 8.78 Å². The topological polar surface area (TPSA) is 24.1 Å². The lowest BCUT2D eigenvalue weighted by atomic mass is 10.1. The van der Waals surface area contributed by atoms with E-state index in [0.29, 0.717) is 12.1 Å². The summed E-state index contributed by atoms with van der Waals surface area (Å²) in [5.41, 5.74) is 4.01. The first-order valence-corrected chi connectivity index (χ1v) is 7.18. The van der Waals surface area contributed by atoms with Gasteiger partial charge in [0.2, 0.25) is 0 Å².